The summed E-state index contributed by atoms with van der Waals surface area (Å²) in [5.74, 6) is -1.16. The third-order valence-corrected chi connectivity index (χ3v) is 5.47. The molecule has 0 aromatic carbocycles. The molecule has 0 radical (unpaired) electrons. The molecule has 0 aromatic heterocycles. The zero-order valence-corrected chi connectivity index (χ0v) is 11.4. The van der Waals surface area contributed by atoms with Crippen LogP contribution in [0, 0.1) is 0 Å². The van der Waals surface area contributed by atoms with E-state index in [4.69, 9.17) is 5.73 Å². The van der Waals surface area contributed by atoms with E-state index < -0.39 is 33.1 Å². The first-order valence-corrected chi connectivity index (χ1v) is 7.43. The molecule has 0 bridgehead atoms. The van der Waals surface area contributed by atoms with Crippen molar-refractivity contribution in [2.45, 2.75) is 38.0 Å². The number of rotatable bonds is 5. The largest absolute Gasteiger partial charge is 0.329 e. The van der Waals surface area contributed by atoms with E-state index in [9.17, 15) is 18.0 Å². The zero-order valence-electron chi connectivity index (χ0n) is 10.5. The van der Waals surface area contributed by atoms with E-state index >= 15 is 0 Å². The Hall–Kier alpha value is -0.990. The monoisotopic (exact) mass is 277 g/mol. The van der Waals surface area contributed by atoms with Crippen LogP contribution in [0.3, 0.4) is 0 Å². The molecule has 3 N–H and O–H groups in total. The second kappa shape index (κ2) is 5.77. The molecule has 7 nitrogen and oxygen atoms in total. The van der Waals surface area contributed by atoms with Gasteiger partial charge in [0.2, 0.25) is 21.8 Å². The summed E-state index contributed by atoms with van der Waals surface area (Å²) in [6.07, 6.45) is 0.668. The summed E-state index contributed by atoms with van der Waals surface area (Å²) in [4.78, 5) is 22.9. The van der Waals surface area contributed by atoms with Gasteiger partial charge in [-0.3, -0.25) is 14.9 Å². The number of hydrogen-bond donors (Lipinski definition) is 2. The summed E-state index contributed by atoms with van der Waals surface area (Å²) < 4.78 is 25.6. The Morgan fingerprint density at radius 2 is 2.06 bits per heavy atom. The van der Waals surface area contributed by atoms with Gasteiger partial charge < -0.3 is 5.73 Å². The van der Waals surface area contributed by atoms with Crippen LogP contribution in [0.2, 0.25) is 0 Å². The van der Waals surface area contributed by atoms with Crippen LogP contribution in [-0.2, 0) is 19.6 Å². The highest BCUT2D eigenvalue weighted by Crippen LogP contribution is 2.19. The average molecular weight is 277 g/mol. The van der Waals surface area contributed by atoms with Gasteiger partial charge in [0.05, 0.1) is 11.8 Å². The van der Waals surface area contributed by atoms with Crippen molar-refractivity contribution < 1.29 is 18.0 Å². The minimum atomic E-state index is -3.72. The molecular formula is C10H19N3O4S. The average Bonchev–Trinajstić information content (AvgIpc) is 2.29. The van der Waals surface area contributed by atoms with Crippen molar-refractivity contribution >= 4 is 21.8 Å². The Morgan fingerprint density at radius 3 is 2.50 bits per heavy atom. The molecule has 1 aliphatic heterocycles. The molecule has 2 atom stereocenters. The highest BCUT2D eigenvalue weighted by Gasteiger charge is 2.42. The van der Waals surface area contributed by atoms with Crippen molar-refractivity contribution in [2.75, 3.05) is 13.1 Å². The van der Waals surface area contributed by atoms with Gasteiger partial charge in [-0.1, -0.05) is 13.8 Å². The van der Waals surface area contributed by atoms with E-state index in [-0.39, 0.29) is 13.1 Å². The summed E-state index contributed by atoms with van der Waals surface area (Å²) in [7, 11) is -3.72. The minimum Gasteiger partial charge on any atom is -0.329 e. The van der Waals surface area contributed by atoms with Crippen LogP contribution in [0.15, 0.2) is 0 Å². The highest BCUT2D eigenvalue weighted by atomic mass is 32.2. The van der Waals surface area contributed by atoms with Gasteiger partial charge in [-0.2, -0.15) is 4.31 Å². The Labute approximate surface area is 107 Å². The third kappa shape index (κ3) is 2.70. The molecule has 1 saturated heterocycles. The number of carbonyl (C=O) groups excluding carboxylic acids is 2. The number of piperazine rings is 1. The predicted molar refractivity (Wildman–Crippen MR) is 66.0 cm³/mol. The summed E-state index contributed by atoms with van der Waals surface area (Å²) in [5.41, 5.74) is 5.44. The standard InChI is InChI=1S/C10H19N3O4S/c1-3-7(5-11)18(16,17)13-6-9(14)12-10(15)8(13)4-2/h7-8H,3-6,11H2,1-2H3,(H,12,14,15). The summed E-state index contributed by atoms with van der Waals surface area (Å²) in [6, 6.07) is -0.826. The van der Waals surface area contributed by atoms with Crippen molar-refractivity contribution in [3.63, 3.8) is 0 Å². The highest BCUT2D eigenvalue weighted by molar-refractivity contribution is 7.89. The molecule has 0 aromatic rings. The number of nitrogens with two attached hydrogens (primary N) is 1. The van der Waals surface area contributed by atoms with Crippen molar-refractivity contribution in [3.05, 3.63) is 0 Å². The normalized spacial score (nSPS) is 23.8. The van der Waals surface area contributed by atoms with Crippen LogP contribution in [0.25, 0.3) is 0 Å². The summed E-state index contributed by atoms with van der Waals surface area (Å²) in [5, 5.41) is 1.38. The fraction of sp³-hybridized carbons (Fsp3) is 0.800. The maximum absolute atomic E-state index is 12.3. The van der Waals surface area contributed by atoms with Crippen LogP contribution in [-0.4, -0.2) is 48.9 Å². The van der Waals surface area contributed by atoms with E-state index in [1.807, 2.05) is 0 Å². The van der Waals surface area contributed by atoms with Crippen LogP contribution in [0.4, 0.5) is 0 Å². The lowest BCUT2D eigenvalue weighted by atomic mass is 10.2. The molecule has 18 heavy (non-hydrogen) atoms. The van der Waals surface area contributed by atoms with Crippen LogP contribution in [0.5, 0.6) is 0 Å². The van der Waals surface area contributed by atoms with Gasteiger partial charge in [-0.15, -0.1) is 0 Å². The fourth-order valence-corrected chi connectivity index (χ4v) is 3.93. The minimum absolute atomic E-state index is 0.0262. The molecule has 2 unspecified atom stereocenters. The molecular weight excluding hydrogens is 258 g/mol. The number of sulfonamides is 1. The molecule has 1 aliphatic rings. The second-order valence-electron chi connectivity index (χ2n) is 4.19. The number of amides is 2. The molecule has 0 aliphatic carbocycles. The van der Waals surface area contributed by atoms with Gasteiger partial charge in [0.25, 0.3) is 0 Å². The van der Waals surface area contributed by atoms with Gasteiger partial charge in [-0.25, -0.2) is 8.42 Å². The Bertz CT molecular complexity index is 430. The summed E-state index contributed by atoms with van der Waals surface area (Å²) in [6.45, 7) is 3.07. The van der Waals surface area contributed by atoms with E-state index in [1.54, 1.807) is 13.8 Å². The second-order valence-corrected chi connectivity index (χ2v) is 6.36. The topological polar surface area (TPSA) is 110 Å². The lowest BCUT2D eigenvalue weighted by Gasteiger charge is -2.34. The van der Waals surface area contributed by atoms with Crippen molar-refractivity contribution in [2.24, 2.45) is 5.73 Å². The SMILES string of the molecule is CCC1C(=O)NC(=O)CN1S(=O)(=O)C(CC)CN. The quantitative estimate of drug-likeness (QED) is 0.613. The predicted octanol–water partition coefficient (Wildman–Crippen LogP) is -1.21. The van der Waals surface area contributed by atoms with E-state index in [1.165, 1.54) is 0 Å². The molecule has 2 amide bonds. The van der Waals surface area contributed by atoms with Crippen molar-refractivity contribution in [3.8, 4) is 0 Å². The van der Waals surface area contributed by atoms with Crippen molar-refractivity contribution in [1.82, 2.24) is 9.62 Å². The first kappa shape index (κ1) is 15.1. The maximum atomic E-state index is 12.3. The van der Waals surface area contributed by atoms with Crippen LogP contribution >= 0.6 is 0 Å². The van der Waals surface area contributed by atoms with Crippen molar-refractivity contribution in [1.29, 1.82) is 0 Å². The number of hydrogen-bond acceptors (Lipinski definition) is 5. The van der Waals surface area contributed by atoms with Gasteiger partial charge in [0.1, 0.15) is 6.04 Å². The number of nitrogens with one attached hydrogen (secondary N) is 1. The first-order chi connectivity index (χ1) is 8.38. The number of nitrogens with zero attached hydrogens (tertiary/aromatic N) is 1. The van der Waals surface area contributed by atoms with Gasteiger partial charge in [-0.05, 0) is 12.8 Å². The molecule has 0 saturated carbocycles. The molecule has 104 valence electrons. The lowest BCUT2D eigenvalue weighted by Crippen LogP contribution is -2.61. The Kier molecular flexibility index (Phi) is 4.83. The van der Waals surface area contributed by atoms with E-state index in [0.717, 1.165) is 4.31 Å². The zero-order chi connectivity index (χ0) is 13.9. The van der Waals surface area contributed by atoms with Crippen LogP contribution in [0.1, 0.15) is 26.7 Å². The number of carbonyl (C=O) groups is 2. The molecule has 8 heteroatoms. The molecule has 1 fully saturated rings. The van der Waals surface area contributed by atoms with E-state index in [0.29, 0.717) is 12.8 Å². The Balaban J connectivity index is 3.10. The van der Waals surface area contributed by atoms with Gasteiger partial charge in [0.15, 0.2) is 0 Å². The van der Waals surface area contributed by atoms with Gasteiger partial charge >= 0.3 is 0 Å². The summed E-state index contributed by atoms with van der Waals surface area (Å²) >= 11 is 0. The lowest BCUT2D eigenvalue weighted by molar-refractivity contribution is -0.137. The fourth-order valence-electron chi connectivity index (χ4n) is 1.99. The smallest absolute Gasteiger partial charge is 0.245 e. The van der Waals surface area contributed by atoms with Gasteiger partial charge in [0, 0.05) is 6.54 Å². The molecule has 0 spiro atoms. The van der Waals surface area contributed by atoms with E-state index in [2.05, 4.69) is 5.32 Å². The maximum Gasteiger partial charge on any atom is 0.245 e. The number of imide groups is 1. The Morgan fingerprint density at radius 1 is 1.44 bits per heavy atom. The molecule has 1 heterocycles. The van der Waals surface area contributed by atoms with Crippen LogP contribution < -0.4 is 11.1 Å². The first-order valence-electron chi connectivity index (χ1n) is 5.92. The third-order valence-electron chi connectivity index (χ3n) is 3.07. The molecule has 1 rings (SSSR count).